The van der Waals surface area contributed by atoms with Crippen molar-refractivity contribution >= 4 is 10.8 Å². The van der Waals surface area contributed by atoms with E-state index in [9.17, 15) is 0 Å². The lowest BCUT2D eigenvalue weighted by Crippen LogP contribution is -2.22. The Morgan fingerprint density at radius 1 is 0.800 bits per heavy atom. The zero-order valence-electron chi connectivity index (χ0n) is 13.8. The van der Waals surface area contributed by atoms with Gasteiger partial charge in [0.1, 0.15) is 5.75 Å². The van der Waals surface area contributed by atoms with Gasteiger partial charge in [-0.3, -0.25) is 0 Å². The predicted octanol–water partition coefficient (Wildman–Crippen LogP) is 5.44. The van der Waals surface area contributed by atoms with E-state index in [1.807, 2.05) is 0 Å². The highest BCUT2D eigenvalue weighted by molar-refractivity contribution is 5.93. The first-order valence-electron chi connectivity index (χ1n) is 7.27. The Bertz CT molecular complexity index is 624. The smallest absolute Gasteiger partial charge is 0.126 e. The summed E-state index contributed by atoms with van der Waals surface area (Å²) in [5, 5.41) is 2.51. The molecule has 0 aliphatic heterocycles. The summed E-state index contributed by atoms with van der Waals surface area (Å²) in [5.74, 6) is 0.971. The van der Waals surface area contributed by atoms with Crippen molar-refractivity contribution in [2.75, 3.05) is 7.11 Å². The summed E-state index contributed by atoms with van der Waals surface area (Å²) in [6, 6.07) is 10.8. The summed E-state index contributed by atoms with van der Waals surface area (Å²) in [5.41, 5.74) is 3.01. The third kappa shape index (κ3) is 2.54. The van der Waals surface area contributed by atoms with Gasteiger partial charge in [-0.25, -0.2) is 0 Å². The maximum atomic E-state index is 5.63. The second-order valence-corrected chi connectivity index (χ2v) is 7.55. The van der Waals surface area contributed by atoms with Crippen LogP contribution in [0.4, 0.5) is 0 Å². The number of fused-ring (bicyclic) bond motifs is 1. The van der Waals surface area contributed by atoms with E-state index in [0.717, 1.165) is 5.75 Å². The van der Waals surface area contributed by atoms with Crippen molar-refractivity contribution in [3.63, 3.8) is 0 Å². The topological polar surface area (TPSA) is 9.23 Å². The first kappa shape index (κ1) is 14.9. The van der Waals surface area contributed by atoms with Crippen molar-refractivity contribution < 1.29 is 4.74 Å². The average molecular weight is 270 g/mol. The SMILES string of the molecule is COc1cc(C(C)(C)C)c(C(C)(C)C)c2ccccc12. The van der Waals surface area contributed by atoms with E-state index in [-0.39, 0.29) is 10.8 Å². The van der Waals surface area contributed by atoms with Crippen molar-refractivity contribution in [2.45, 2.75) is 52.4 Å². The minimum atomic E-state index is 0.0971. The zero-order chi connectivity index (χ0) is 15.1. The Morgan fingerprint density at radius 3 is 1.80 bits per heavy atom. The van der Waals surface area contributed by atoms with Gasteiger partial charge in [-0.2, -0.15) is 0 Å². The second-order valence-electron chi connectivity index (χ2n) is 7.55. The molecule has 2 aromatic carbocycles. The van der Waals surface area contributed by atoms with Crippen LogP contribution in [-0.2, 0) is 10.8 Å². The van der Waals surface area contributed by atoms with E-state index >= 15 is 0 Å². The van der Waals surface area contributed by atoms with Crippen molar-refractivity contribution in [1.29, 1.82) is 0 Å². The molecule has 0 spiro atoms. The largest absolute Gasteiger partial charge is 0.496 e. The maximum Gasteiger partial charge on any atom is 0.126 e. The Morgan fingerprint density at radius 2 is 1.35 bits per heavy atom. The standard InChI is InChI=1S/C19H26O/c1-18(2,3)15-12-16(20-7)13-10-8-9-11-14(13)17(15)19(4,5)6/h8-12H,1-7H3. The lowest BCUT2D eigenvalue weighted by molar-refractivity contribution is 0.416. The zero-order valence-corrected chi connectivity index (χ0v) is 13.8. The molecular weight excluding hydrogens is 244 g/mol. The van der Waals surface area contributed by atoms with Gasteiger partial charge >= 0.3 is 0 Å². The molecule has 1 heteroatoms. The maximum absolute atomic E-state index is 5.63. The van der Waals surface area contributed by atoms with Gasteiger partial charge < -0.3 is 4.74 Å². The minimum Gasteiger partial charge on any atom is -0.496 e. The van der Waals surface area contributed by atoms with Gasteiger partial charge in [-0.05, 0) is 33.4 Å². The third-order valence-corrected chi connectivity index (χ3v) is 3.78. The first-order chi connectivity index (χ1) is 9.16. The summed E-state index contributed by atoms with van der Waals surface area (Å²) in [4.78, 5) is 0. The molecule has 0 aliphatic rings. The highest BCUT2D eigenvalue weighted by Crippen LogP contribution is 2.42. The van der Waals surface area contributed by atoms with E-state index in [2.05, 4.69) is 71.9 Å². The molecule has 0 atom stereocenters. The summed E-state index contributed by atoms with van der Waals surface area (Å²) in [6.45, 7) is 13.7. The molecule has 0 unspecified atom stereocenters. The van der Waals surface area contributed by atoms with Crippen molar-refractivity contribution in [2.24, 2.45) is 0 Å². The van der Waals surface area contributed by atoms with E-state index in [1.165, 1.54) is 21.9 Å². The molecule has 0 fully saturated rings. The van der Waals surface area contributed by atoms with Gasteiger partial charge in [0.2, 0.25) is 0 Å². The Balaban J connectivity index is 2.98. The molecule has 20 heavy (non-hydrogen) atoms. The number of ether oxygens (including phenoxy) is 1. The summed E-state index contributed by atoms with van der Waals surface area (Å²) >= 11 is 0. The number of hydrogen-bond donors (Lipinski definition) is 0. The van der Waals surface area contributed by atoms with Gasteiger partial charge in [-0.15, -0.1) is 0 Å². The van der Waals surface area contributed by atoms with Crippen LogP contribution < -0.4 is 4.74 Å². The fraction of sp³-hybridized carbons (Fsp3) is 0.474. The highest BCUT2D eigenvalue weighted by Gasteiger charge is 2.28. The lowest BCUT2D eigenvalue weighted by atomic mass is 9.73. The summed E-state index contributed by atoms with van der Waals surface area (Å²) in [6.07, 6.45) is 0. The average Bonchev–Trinajstić information content (AvgIpc) is 2.34. The molecular formula is C19H26O. The van der Waals surface area contributed by atoms with Crippen molar-refractivity contribution in [3.8, 4) is 5.75 Å². The number of methoxy groups -OCH3 is 1. The van der Waals surface area contributed by atoms with E-state index in [1.54, 1.807) is 7.11 Å². The van der Waals surface area contributed by atoms with Crippen LogP contribution in [0.2, 0.25) is 0 Å². The molecule has 0 saturated carbocycles. The van der Waals surface area contributed by atoms with Crippen LogP contribution in [0, 0.1) is 0 Å². The number of hydrogen-bond acceptors (Lipinski definition) is 1. The molecule has 0 saturated heterocycles. The van der Waals surface area contributed by atoms with Gasteiger partial charge in [0.05, 0.1) is 7.11 Å². The van der Waals surface area contributed by atoms with Gasteiger partial charge in [0.25, 0.3) is 0 Å². The van der Waals surface area contributed by atoms with Gasteiger partial charge in [0.15, 0.2) is 0 Å². The molecule has 0 heterocycles. The summed E-state index contributed by atoms with van der Waals surface area (Å²) < 4.78 is 5.63. The van der Waals surface area contributed by atoms with Crippen molar-refractivity contribution in [1.82, 2.24) is 0 Å². The fourth-order valence-electron chi connectivity index (χ4n) is 2.91. The monoisotopic (exact) mass is 270 g/mol. The Hall–Kier alpha value is -1.50. The third-order valence-electron chi connectivity index (χ3n) is 3.78. The fourth-order valence-corrected chi connectivity index (χ4v) is 2.91. The molecule has 0 bridgehead atoms. The van der Waals surface area contributed by atoms with Crippen molar-refractivity contribution in [3.05, 3.63) is 41.5 Å². The number of rotatable bonds is 1. The second kappa shape index (κ2) is 4.80. The first-order valence-corrected chi connectivity index (χ1v) is 7.27. The van der Waals surface area contributed by atoms with E-state index < -0.39 is 0 Å². The van der Waals surface area contributed by atoms with Crippen LogP contribution >= 0.6 is 0 Å². The minimum absolute atomic E-state index is 0.0971. The van der Waals surface area contributed by atoms with E-state index in [0.29, 0.717) is 0 Å². The molecule has 0 aromatic heterocycles. The Kier molecular flexibility index (Phi) is 3.58. The van der Waals surface area contributed by atoms with E-state index in [4.69, 9.17) is 4.74 Å². The van der Waals surface area contributed by atoms with Crippen LogP contribution in [0.3, 0.4) is 0 Å². The molecule has 108 valence electrons. The van der Waals surface area contributed by atoms with Crippen LogP contribution in [0.25, 0.3) is 10.8 Å². The molecule has 1 nitrogen and oxygen atoms in total. The van der Waals surface area contributed by atoms with Crippen LogP contribution in [-0.4, -0.2) is 7.11 Å². The molecule has 0 aliphatic carbocycles. The molecule has 0 radical (unpaired) electrons. The Labute approximate surface area is 123 Å². The van der Waals surface area contributed by atoms with Gasteiger partial charge in [-0.1, -0.05) is 65.8 Å². The summed E-state index contributed by atoms with van der Waals surface area (Å²) in [7, 11) is 1.75. The molecule has 0 amide bonds. The quantitative estimate of drug-likeness (QED) is 0.670. The van der Waals surface area contributed by atoms with Crippen LogP contribution in [0.5, 0.6) is 5.75 Å². The molecule has 2 rings (SSSR count). The lowest BCUT2D eigenvalue weighted by Gasteiger charge is -2.32. The molecule has 2 aromatic rings. The normalized spacial score (nSPS) is 12.8. The predicted molar refractivity (Wildman–Crippen MR) is 87.9 cm³/mol. The van der Waals surface area contributed by atoms with Crippen LogP contribution in [0.15, 0.2) is 30.3 Å². The number of benzene rings is 2. The van der Waals surface area contributed by atoms with Crippen LogP contribution in [0.1, 0.15) is 52.7 Å². The molecule has 0 N–H and O–H groups in total. The van der Waals surface area contributed by atoms with Gasteiger partial charge in [0, 0.05) is 5.39 Å². The highest BCUT2D eigenvalue weighted by atomic mass is 16.5.